The van der Waals surface area contributed by atoms with Crippen molar-refractivity contribution in [3.63, 3.8) is 0 Å². The Kier molecular flexibility index (Phi) is 4.40. The lowest BCUT2D eigenvalue weighted by Gasteiger charge is -2.10. The summed E-state index contributed by atoms with van der Waals surface area (Å²) in [6.07, 6.45) is 0. The van der Waals surface area contributed by atoms with E-state index >= 15 is 0 Å². The van der Waals surface area contributed by atoms with Gasteiger partial charge in [-0.15, -0.1) is 0 Å². The average molecular weight is 329 g/mol. The number of hydrogen-bond acceptors (Lipinski definition) is 3. The van der Waals surface area contributed by atoms with Gasteiger partial charge in [0, 0.05) is 0 Å². The van der Waals surface area contributed by atoms with Gasteiger partial charge in [-0.2, -0.15) is 0 Å². The smallest absolute Gasteiger partial charge is 0.337 e. The van der Waals surface area contributed by atoms with E-state index in [0.717, 1.165) is 6.07 Å². The maximum atomic E-state index is 13.7. The van der Waals surface area contributed by atoms with E-state index in [1.807, 2.05) is 0 Å². The van der Waals surface area contributed by atoms with Crippen LogP contribution >= 0.6 is 23.2 Å². The number of para-hydroxylation sites is 1. The van der Waals surface area contributed by atoms with E-state index in [9.17, 15) is 14.0 Å². The first-order valence-electron chi connectivity index (χ1n) is 5.55. The van der Waals surface area contributed by atoms with Gasteiger partial charge in [0.2, 0.25) is 0 Å². The molecule has 0 unspecified atom stereocenters. The van der Waals surface area contributed by atoms with Crippen LogP contribution in [0.1, 0.15) is 20.7 Å². The van der Waals surface area contributed by atoms with Crippen LogP contribution in [-0.2, 0) is 0 Å². The fourth-order valence-electron chi connectivity index (χ4n) is 1.59. The van der Waals surface area contributed by atoms with Crippen LogP contribution < -0.4 is 5.32 Å². The number of nitrogens with one attached hydrogen (secondary N) is 1. The van der Waals surface area contributed by atoms with Crippen LogP contribution in [0.2, 0.25) is 10.3 Å². The highest BCUT2D eigenvalue weighted by Gasteiger charge is 2.19. The minimum absolute atomic E-state index is 0.0549. The van der Waals surface area contributed by atoms with Crippen LogP contribution in [-0.4, -0.2) is 22.0 Å². The van der Waals surface area contributed by atoms with Gasteiger partial charge < -0.3 is 10.4 Å². The van der Waals surface area contributed by atoms with Gasteiger partial charge in [-0.25, -0.2) is 14.2 Å². The quantitative estimate of drug-likeness (QED) is 0.845. The van der Waals surface area contributed by atoms with Gasteiger partial charge in [0.05, 0.1) is 16.8 Å². The van der Waals surface area contributed by atoms with Crippen molar-refractivity contribution in [2.24, 2.45) is 0 Å². The minimum atomic E-state index is -1.37. The molecule has 2 rings (SSSR count). The molecule has 2 aromatic rings. The van der Waals surface area contributed by atoms with Crippen molar-refractivity contribution in [2.45, 2.75) is 0 Å². The number of hydrogen-bond donors (Lipinski definition) is 2. The molecule has 0 aliphatic rings. The van der Waals surface area contributed by atoms with Crippen LogP contribution in [0.3, 0.4) is 0 Å². The van der Waals surface area contributed by atoms with Crippen molar-refractivity contribution in [2.75, 3.05) is 5.32 Å². The van der Waals surface area contributed by atoms with Gasteiger partial charge in [0.15, 0.2) is 0 Å². The number of carbonyl (C=O) groups is 2. The monoisotopic (exact) mass is 328 g/mol. The van der Waals surface area contributed by atoms with E-state index in [2.05, 4.69) is 10.3 Å². The molecule has 0 aliphatic carbocycles. The highest BCUT2D eigenvalue weighted by molar-refractivity contribution is 6.35. The lowest BCUT2D eigenvalue weighted by molar-refractivity contribution is 0.0697. The highest BCUT2D eigenvalue weighted by atomic mass is 35.5. The van der Waals surface area contributed by atoms with Crippen molar-refractivity contribution >= 4 is 40.8 Å². The Balaban J connectivity index is 2.38. The van der Waals surface area contributed by atoms with Crippen molar-refractivity contribution in [3.8, 4) is 0 Å². The summed E-state index contributed by atoms with van der Waals surface area (Å²) in [5, 5.41) is 11.1. The van der Waals surface area contributed by atoms with Crippen molar-refractivity contribution in [1.29, 1.82) is 0 Å². The zero-order valence-electron chi connectivity index (χ0n) is 10.2. The van der Waals surface area contributed by atoms with Crippen molar-refractivity contribution in [3.05, 3.63) is 57.6 Å². The average Bonchev–Trinajstić information content (AvgIpc) is 2.40. The van der Waals surface area contributed by atoms with Crippen LogP contribution in [0, 0.1) is 5.82 Å². The summed E-state index contributed by atoms with van der Waals surface area (Å²) in [4.78, 5) is 26.7. The number of aromatic nitrogens is 1. The third kappa shape index (κ3) is 3.29. The zero-order chi connectivity index (χ0) is 15.6. The summed E-state index contributed by atoms with van der Waals surface area (Å²) in [5.41, 5.74) is -0.872. The van der Waals surface area contributed by atoms with E-state index in [1.54, 1.807) is 0 Å². The summed E-state index contributed by atoms with van der Waals surface area (Å²) in [6.45, 7) is 0. The standard InChI is InChI=1S/C13H7Cl2FN2O3/c14-9-5-4-7(11(15)17-9)12(19)18-10-6(13(20)21)2-1-3-8(10)16/h1-5H,(H,18,19)(H,20,21). The Morgan fingerprint density at radius 3 is 2.48 bits per heavy atom. The molecule has 1 aromatic heterocycles. The number of anilines is 1. The molecule has 5 nitrogen and oxygen atoms in total. The Morgan fingerprint density at radius 2 is 1.86 bits per heavy atom. The van der Waals surface area contributed by atoms with Gasteiger partial charge in [0.25, 0.3) is 5.91 Å². The number of nitrogens with zero attached hydrogens (tertiary/aromatic N) is 1. The molecule has 0 saturated heterocycles. The second-order valence-corrected chi connectivity index (χ2v) is 4.64. The first-order valence-corrected chi connectivity index (χ1v) is 6.31. The Bertz CT molecular complexity index is 737. The van der Waals surface area contributed by atoms with Crippen molar-refractivity contribution < 1.29 is 19.1 Å². The molecule has 0 bridgehead atoms. The molecular weight excluding hydrogens is 322 g/mol. The molecule has 108 valence electrons. The molecule has 1 heterocycles. The highest BCUT2D eigenvalue weighted by Crippen LogP contribution is 2.23. The van der Waals surface area contributed by atoms with Crippen LogP contribution in [0.4, 0.5) is 10.1 Å². The largest absolute Gasteiger partial charge is 0.478 e. The number of carboxylic acids is 1. The third-order valence-electron chi connectivity index (χ3n) is 2.54. The fourth-order valence-corrected chi connectivity index (χ4v) is 2.02. The number of carbonyl (C=O) groups excluding carboxylic acids is 1. The van der Waals surface area contributed by atoms with Crippen LogP contribution in [0.15, 0.2) is 30.3 Å². The van der Waals surface area contributed by atoms with Gasteiger partial charge in [-0.1, -0.05) is 29.3 Å². The topological polar surface area (TPSA) is 79.3 Å². The maximum Gasteiger partial charge on any atom is 0.337 e. The van der Waals surface area contributed by atoms with E-state index < -0.39 is 23.4 Å². The molecule has 21 heavy (non-hydrogen) atoms. The second kappa shape index (κ2) is 6.07. The normalized spacial score (nSPS) is 10.2. The number of amides is 1. The number of carboxylic acid groups (broad SMARTS) is 1. The van der Waals surface area contributed by atoms with Crippen LogP contribution in [0.25, 0.3) is 0 Å². The molecule has 8 heteroatoms. The number of benzene rings is 1. The Morgan fingerprint density at radius 1 is 1.14 bits per heavy atom. The molecule has 0 aliphatic heterocycles. The molecule has 0 fully saturated rings. The van der Waals surface area contributed by atoms with Gasteiger partial charge >= 0.3 is 5.97 Å². The Labute approximate surface area is 128 Å². The van der Waals surface area contributed by atoms with E-state index in [4.69, 9.17) is 28.3 Å². The lowest BCUT2D eigenvalue weighted by Crippen LogP contribution is -2.17. The zero-order valence-corrected chi connectivity index (χ0v) is 11.7. The van der Waals surface area contributed by atoms with Gasteiger partial charge in [0.1, 0.15) is 16.1 Å². The molecule has 2 N–H and O–H groups in total. The first-order chi connectivity index (χ1) is 9.90. The number of halogens is 3. The predicted molar refractivity (Wildman–Crippen MR) is 75.6 cm³/mol. The fraction of sp³-hybridized carbons (Fsp3) is 0. The summed E-state index contributed by atoms with van der Waals surface area (Å²) in [5.74, 6) is -3.04. The number of aromatic carboxylic acids is 1. The predicted octanol–water partition coefficient (Wildman–Crippen LogP) is 3.48. The summed E-state index contributed by atoms with van der Waals surface area (Å²) < 4.78 is 13.7. The van der Waals surface area contributed by atoms with E-state index in [-0.39, 0.29) is 21.4 Å². The molecule has 0 radical (unpaired) electrons. The van der Waals surface area contributed by atoms with E-state index in [1.165, 1.54) is 24.3 Å². The lowest BCUT2D eigenvalue weighted by atomic mass is 10.1. The Hall–Kier alpha value is -2.18. The molecule has 1 amide bonds. The van der Waals surface area contributed by atoms with Gasteiger partial charge in [-0.05, 0) is 24.3 Å². The summed E-state index contributed by atoms with van der Waals surface area (Å²) >= 11 is 11.4. The second-order valence-electron chi connectivity index (χ2n) is 3.89. The first kappa shape index (κ1) is 15.2. The molecule has 0 atom stereocenters. The molecular formula is C13H7Cl2FN2O3. The van der Waals surface area contributed by atoms with Crippen molar-refractivity contribution in [1.82, 2.24) is 4.98 Å². The number of rotatable bonds is 3. The van der Waals surface area contributed by atoms with Gasteiger partial charge in [-0.3, -0.25) is 4.79 Å². The summed E-state index contributed by atoms with van der Waals surface area (Å²) in [7, 11) is 0. The summed E-state index contributed by atoms with van der Waals surface area (Å²) in [6, 6.07) is 6.06. The minimum Gasteiger partial charge on any atom is -0.478 e. The SMILES string of the molecule is O=C(Nc1c(F)cccc1C(=O)O)c1ccc(Cl)nc1Cl. The molecule has 0 saturated carbocycles. The molecule has 1 aromatic carbocycles. The van der Waals surface area contributed by atoms with E-state index in [0.29, 0.717) is 0 Å². The van der Waals surface area contributed by atoms with Crippen LogP contribution in [0.5, 0.6) is 0 Å². The maximum absolute atomic E-state index is 13.7. The number of pyridine rings is 1. The third-order valence-corrected chi connectivity index (χ3v) is 3.04. The molecule has 0 spiro atoms.